The minimum atomic E-state index is -3.42. The second-order valence-corrected chi connectivity index (χ2v) is 10.9. The molecule has 0 spiro atoms. The lowest BCUT2D eigenvalue weighted by Crippen LogP contribution is -2.04. The van der Waals surface area contributed by atoms with Crippen molar-refractivity contribution in [3.63, 3.8) is 0 Å². The van der Waals surface area contributed by atoms with Crippen LogP contribution in [0.5, 0.6) is 0 Å². The van der Waals surface area contributed by atoms with Gasteiger partial charge in [-0.2, -0.15) is 0 Å². The van der Waals surface area contributed by atoms with Crippen LogP contribution in [-0.4, -0.2) is 19.8 Å². The molecule has 0 heterocycles. The molecular weight excluding hydrogens is 383 g/mol. The first kappa shape index (κ1) is 29.1. The van der Waals surface area contributed by atoms with E-state index in [1.54, 1.807) is 0 Å². The van der Waals surface area contributed by atoms with Gasteiger partial charge in [-0.1, -0.05) is 105 Å². The molecule has 0 aliphatic heterocycles. The van der Waals surface area contributed by atoms with Crippen LogP contribution in [0.4, 0.5) is 0 Å². The first-order valence-corrected chi connectivity index (χ1v) is 13.9. The number of hydrogen-bond donors (Lipinski definition) is 0. The normalized spacial score (nSPS) is 12.4. The summed E-state index contributed by atoms with van der Waals surface area (Å²) in [6.45, 7) is 12.6. The van der Waals surface area contributed by atoms with Crippen LogP contribution >= 0.6 is 7.82 Å². The van der Waals surface area contributed by atoms with E-state index >= 15 is 0 Å². The highest BCUT2D eigenvalue weighted by Crippen LogP contribution is 2.50. The van der Waals surface area contributed by atoms with Gasteiger partial charge in [0.1, 0.15) is 0 Å². The predicted octanol–water partition coefficient (Wildman–Crippen LogP) is 8.94. The lowest BCUT2D eigenvalue weighted by atomic mass is 10.1. The summed E-state index contributed by atoms with van der Waals surface area (Å²) < 4.78 is 29.9. The van der Waals surface area contributed by atoms with Crippen LogP contribution in [0.3, 0.4) is 0 Å². The molecule has 0 aliphatic carbocycles. The zero-order valence-electron chi connectivity index (χ0n) is 20.3. The largest absolute Gasteiger partial charge is 0.474 e. The molecule has 4 nitrogen and oxygen atoms in total. The standard InChI is InChI=1S/C24H51O4P/c1-6-7-8-9-10-15-20-26-29(25,27-21-16-11-13-18-23(2)3)28-22-17-12-14-19-24(4)5/h23-24H,6-22H2,1-5H3. The maximum absolute atomic E-state index is 13.0. The van der Waals surface area contributed by atoms with Gasteiger partial charge in [-0.15, -0.1) is 0 Å². The Morgan fingerprint density at radius 1 is 0.552 bits per heavy atom. The smallest absolute Gasteiger partial charge is 0.287 e. The van der Waals surface area contributed by atoms with Crippen molar-refractivity contribution < 1.29 is 18.1 Å². The number of hydrogen-bond acceptors (Lipinski definition) is 4. The van der Waals surface area contributed by atoms with Crippen molar-refractivity contribution in [3.05, 3.63) is 0 Å². The van der Waals surface area contributed by atoms with Crippen LogP contribution in [0.25, 0.3) is 0 Å². The van der Waals surface area contributed by atoms with Gasteiger partial charge in [-0.25, -0.2) is 4.57 Å². The maximum Gasteiger partial charge on any atom is 0.474 e. The molecule has 176 valence electrons. The van der Waals surface area contributed by atoms with Crippen molar-refractivity contribution in [1.29, 1.82) is 0 Å². The molecule has 0 radical (unpaired) electrons. The Hall–Kier alpha value is 0.110. The molecule has 0 saturated carbocycles. The first-order valence-electron chi connectivity index (χ1n) is 12.4. The van der Waals surface area contributed by atoms with E-state index in [4.69, 9.17) is 13.6 Å². The summed E-state index contributed by atoms with van der Waals surface area (Å²) in [7, 11) is -3.42. The Morgan fingerprint density at radius 3 is 1.28 bits per heavy atom. The SMILES string of the molecule is CCCCCCCCOP(=O)(OCCCCCC(C)C)OCCCCCC(C)C. The van der Waals surface area contributed by atoms with Gasteiger partial charge >= 0.3 is 7.82 Å². The van der Waals surface area contributed by atoms with Crippen molar-refractivity contribution in [1.82, 2.24) is 0 Å². The number of unbranched alkanes of at least 4 members (excludes halogenated alkanes) is 9. The van der Waals surface area contributed by atoms with E-state index in [0.717, 1.165) is 50.4 Å². The summed E-state index contributed by atoms with van der Waals surface area (Å²) >= 11 is 0. The third-order valence-electron chi connectivity index (χ3n) is 5.10. The molecule has 0 aromatic heterocycles. The van der Waals surface area contributed by atoms with Crippen LogP contribution in [0.1, 0.15) is 125 Å². The fourth-order valence-electron chi connectivity index (χ4n) is 3.19. The molecule has 0 N–H and O–H groups in total. The predicted molar refractivity (Wildman–Crippen MR) is 125 cm³/mol. The molecular formula is C24H51O4P. The van der Waals surface area contributed by atoms with E-state index in [1.165, 1.54) is 51.4 Å². The Labute approximate surface area is 182 Å². The molecule has 0 saturated heterocycles. The third-order valence-corrected chi connectivity index (χ3v) is 6.59. The van der Waals surface area contributed by atoms with Crippen molar-refractivity contribution in [2.24, 2.45) is 11.8 Å². The highest BCUT2D eigenvalue weighted by molar-refractivity contribution is 7.48. The van der Waals surface area contributed by atoms with Gasteiger partial charge in [0, 0.05) is 0 Å². The van der Waals surface area contributed by atoms with E-state index in [9.17, 15) is 4.57 Å². The molecule has 0 fully saturated rings. The molecule has 0 amide bonds. The first-order chi connectivity index (χ1) is 13.9. The summed E-state index contributed by atoms with van der Waals surface area (Å²) in [5.41, 5.74) is 0. The van der Waals surface area contributed by atoms with Gasteiger partial charge in [-0.3, -0.25) is 13.6 Å². The Balaban J connectivity index is 4.11. The Morgan fingerprint density at radius 2 is 0.897 bits per heavy atom. The lowest BCUT2D eigenvalue weighted by molar-refractivity contribution is 0.108. The quantitative estimate of drug-likeness (QED) is 0.126. The van der Waals surface area contributed by atoms with Crippen LogP contribution in [0, 0.1) is 11.8 Å². The van der Waals surface area contributed by atoms with Crippen LogP contribution in [-0.2, 0) is 18.1 Å². The van der Waals surface area contributed by atoms with Gasteiger partial charge in [0.25, 0.3) is 0 Å². The highest BCUT2D eigenvalue weighted by Gasteiger charge is 2.26. The summed E-state index contributed by atoms with van der Waals surface area (Å²) in [4.78, 5) is 0. The van der Waals surface area contributed by atoms with Crippen molar-refractivity contribution >= 4 is 7.82 Å². The topological polar surface area (TPSA) is 44.8 Å². The summed E-state index contributed by atoms with van der Waals surface area (Å²) in [5.74, 6) is 1.48. The van der Waals surface area contributed by atoms with Crippen molar-refractivity contribution in [2.45, 2.75) is 125 Å². The van der Waals surface area contributed by atoms with E-state index in [-0.39, 0.29) is 0 Å². The van der Waals surface area contributed by atoms with E-state index in [0.29, 0.717) is 19.8 Å². The molecule has 0 aliphatic rings. The minimum absolute atomic E-state index is 0.458. The fraction of sp³-hybridized carbons (Fsp3) is 1.00. The fourth-order valence-corrected chi connectivity index (χ4v) is 4.47. The molecule has 0 atom stereocenters. The van der Waals surface area contributed by atoms with Crippen molar-refractivity contribution in [3.8, 4) is 0 Å². The van der Waals surface area contributed by atoms with E-state index in [2.05, 4.69) is 34.6 Å². The van der Waals surface area contributed by atoms with Gasteiger partial charge in [-0.05, 0) is 31.1 Å². The second-order valence-electron chi connectivity index (χ2n) is 9.20. The molecule has 29 heavy (non-hydrogen) atoms. The minimum Gasteiger partial charge on any atom is -0.287 e. The van der Waals surface area contributed by atoms with Gasteiger partial charge in [0.2, 0.25) is 0 Å². The zero-order chi connectivity index (χ0) is 21.8. The Bertz CT molecular complexity index is 361. The average molecular weight is 435 g/mol. The average Bonchev–Trinajstić information content (AvgIpc) is 2.66. The monoisotopic (exact) mass is 434 g/mol. The lowest BCUT2D eigenvalue weighted by Gasteiger charge is -2.18. The van der Waals surface area contributed by atoms with Gasteiger partial charge in [0.15, 0.2) is 0 Å². The highest BCUT2D eigenvalue weighted by atomic mass is 31.2. The summed E-state index contributed by atoms with van der Waals surface area (Å²) in [6, 6.07) is 0. The molecule has 0 rings (SSSR count). The molecule has 0 aromatic rings. The second kappa shape index (κ2) is 20.0. The summed E-state index contributed by atoms with van der Waals surface area (Å²) in [5, 5.41) is 0. The number of rotatable bonds is 22. The van der Waals surface area contributed by atoms with Crippen LogP contribution in [0.15, 0.2) is 0 Å². The van der Waals surface area contributed by atoms with Crippen molar-refractivity contribution in [2.75, 3.05) is 19.8 Å². The van der Waals surface area contributed by atoms with Crippen LogP contribution < -0.4 is 0 Å². The van der Waals surface area contributed by atoms with Gasteiger partial charge < -0.3 is 0 Å². The Kier molecular flexibility index (Phi) is 20.1. The molecule has 0 bridgehead atoms. The maximum atomic E-state index is 13.0. The van der Waals surface area contributed by atoms with E-state index < -0.39 is 7.82 Å². The van der Waals surface area contributed by atoms with Crippen LogP contribution in [0.2, 0.25) is 0 Å². The molecule has 5 heteroatoms. The van der Waals surface area contributed by atoms with Gasteiger partial charge in [0.05, 0.1) is 19.8 Å². The molecule has 0 aromatic carbocycles. The third kappa shape index (κ3) is 21.1. The summed E-state index contributed by atoms with van der Waals surface area (Å²) in [6.07, 6.45) is 16.0. The van der Waals surface area contributed by atoms with E-state index in [1.807, 2.05) is 0 Å². The zero-order valence-corrected chi connectivity index (χ0v) is 21.2. The number of phosphoric ester groups is 1. The molecule has 0 unspecified atom stereocenters. The number of phosphoric acid groups is 1.